The van der Waals surface area contributed by atoms with Gasteiger partial charge in [-0.3, -0.25) is 4.79 Å². The van der Waals surface area contributed by atoms with Crippen LogP contribution in [0.4, 0.5) is 19.0 Å². The minimum Gasteiger partial charge on any atom is -0.368 e. The molecule has 0 radical (unpaired) electrons. The third kappa shape index (κ3) is 3.61. The van der Waals surface area contributed by atoms with Gasteiger partial charge in [0, 0.05) is 12.7 Å². The molecule has 0 bridgehead atoms. The minimum absolute atomic E-state index is 0.0745. The molecule has 0 aliphatic heterocycles. The maximum Gasteiger partial charge on any atom is 0.417 e. The average Bonchev–Trinajstić information content (AvgIpc) is 2.24. The van der Waals surface area contributed by atoms with Crippen molar-refractivity contribution in [1.29, 1.82) is 0 Å². The molecule has 0 saturated carbocycles. The van der Waals surface area contributed by atoms with Crippen molar-refractivity contribution in [2.24, 2.45) is 5.73 Å². The van der Waals surface area contributed by atoms with E-state index in [1.165, 1.54) is 11.0 Å². The lowest BCUT2D eigenvalue weighted by Gasteiger charge is -2.20. The van der Waals surface area contributed by atoms with E-state index >= 15 is 0 Å². The molecule has 0 saturated heterocycles. The molecule has 1 aromatic heterocycles. The number of alkyl halides is 3. The quantitative estimate of drug-likeness (QED) is 0.875. The number of pyridine rings is 1. The predicted octanol–water partition coefficient (Wildman–Crippen LogP) is 1.41. The van der Waals surface area contributed by atoms with Crippen molar-refractivity contribution < 1.29 is 18.0 Å². The van der Waals surface area contributed by atoms with E-state index in [-0.39, 0.29) is 6.54 Å². The number of anilines is 1. The molecule has 4 nitrogen and oxygen atoms in total. The highest BCUT2D eigenvalue weighted by atomic mass is 19.4. The van der Waals surface area contributed by atoms with Crippen molar-refractivity contribution in [2.75, 3.05) is 18.0 Å². The lowest BCUT2D eigenvalue weighted by molar-refractivity contribution is -0.137. The van der Waals surface area contributed by atoms with E-state index in [4.69, 9.17) is 5.73 Å². The SMILES string of the molecule is CCN(CC(N)=O)c1ccc(C(F)(F)F)cn1. The number of likely N-dealkylation sites (N-methyl/N-ethyl adjacent to an activating group) is 1. The summed E-state index contributed by atoms with van der Waals surface area (Å²) in [5.41, 5.74) is 4.19. The van der Waals surface area contributed by atoms with Gasteiger partial charge in [-0.05, 0) is 19.1 Å². The number of nitrogens with zero attached hydrogens (tertiary/aromatic N) is 2. The van der Waals surface area contributed by atoms with Gasteiger partial charge in [0.1, 0.15) is 5.82 Å². The summed E-state index contributed by atoms with van der Waals surface area (Å²) in [5, 5.41) is 0. The van der Waals surface area contributed by atoms with Crippen LogP contribution in [0, 0.1) is 0 Å². The number of aromatic nitrogens is 1. The maximum atomic E-state index is 12.3. The smallest absolute Gasteiger partial charge is 0.368 e. The molecule has 0 aromatic carbocycles. The number of amides is 1. The van der Waals surface area contributed by atoms with Crippen LogP contribution >= 0.6 is 0 Å². The van der Waals surface area contributed by atoms with Gasteiger partial charge in [-0.25, -0.2) is 4.98 Å². The Bertz CT molecular complexity index is 389. The van der Waals surface area contributed by atoms with E-state index in [1.807, 2.05) is 0 Å². The second kappa shape index (κ2) is 5.03. The van der Waals surface area contributed by atoms with Crippen molar-refractivity contribution in [3.8, 4) is 0 Å². The first kappa shape index (κ1) is 13.3. The van der Waals surface area contributed by atoms with Crippen LogP contribution < -0.4 is 10.6 Å². The first-order chi connectivity index (χ1) is 7.84. The number of hydrogen-bond acceptors (Lipinski definition) is 3. The zero-order valence-corrected chi connectivity index (χ0v) is 9.16. The molecule has 17 heavy (non-hydrogen) atoms. The van der Waals surface area contributed by atoms with Crippen LogP contribution in [0.1, 0.15) is 12.5 Å². The number of nitrogens with two attached hydrogens (primary N) is 1. The maximum absolute atomic E-state index is 12.3. The van der Waals surface area contributed by atoms with E-state index in [0.29, 0.717) is 12.4 Å². The molecular formula is C10H12F3N3O. The van der Waals surface area contributed by atoms with Gasteiger partial charge in [0.2, 0.25) is 5.91 Å². The van der Waals surface area contributed by atoms with E-state index in [2.05, 4.69) is 4.98 Å². The summed E-state index contributed by atoms with van der Waals surface area (Å²) < 4.78 is 36.9. The summed E-state index contributed by atoms with van der Waals surface area (Å²) in [5.74, 6) is -0.271. The Morgan fingerprint density at radius 3 is 2.47 bits per heavy atom. The molecule has 94 valence electrons. The van der Waals surface area contributed by atoms with Crippen LogP contribution in [0.3, 0.4) is 0 Å². The Morgan fingerprint density at radius 1 is 1.47 bits per heavy atom. The highest BCUT2D eigenvalue weighted by molar-refractivity contribution is 5.79. The highest BCUT2D eigenvalue weighted by Gasteiger charge is 2.30. The summed E-state index contributed by atoms with van der Waals surface area (Å²) in [6.07, 6.45) is -3.68. The second-order valence-electron chi connectivity index (χ2n) is 3.38. The van der Waals surface area contributed by atoms with Crippen LogP contribution in [-0.4, -0.2) is 24.0 Å². The second-order valence-corrected chi connectivity index (χ2v) is 3.38. The Morgan fingerprint density at radius 2 is 2.12 bits per heavy atom. The fourth-order valence-electron chi connectivity index (χ4n) is 1.28. The molecule has 7 heteroatoms. The molecule has 1 amide bonds. The number of rotatable bonds is 4. The summed E-state index contributed by atoms with van der Waals surface area (Å²) in [7, 11) is 0. The van der Waals surface area contributed by atoms with E-state index < -0.39 is 17.6 Å². The van der Waals surface area contributed by atoms with Crippen molar-refractivity contribution in [2.45, 2.75) is 13.1 Å². The molecule has 1 rings (SSSR count). The van der Waals surface area contributed by atoms with Gasteiger partial charge >= 0.3 is 6.18 Å². The van der Waals surface area contributed by atoms with Crippen LogP contribution in [0.2, 0.25) is 0 Å². The number of primary amides is 1. The van der Waals surface area contributed by atoms with Gasteiger partial charge in [-0.15, -0.1) is 0 Å². The molecule has 0 aliphatic carbocycles. The van der Waals surface area contributed by atoms with Crippen molar-refractivity contribution in [3.05, 3.63) is 23.9 Å². The monoisotopic (exact) mass is 247 g/mol. The molecule has 0 aliphatic rings. The molecular weight excluding hydrogens is 235 g/mol. The summed E-state index contributed by atoms with van der Waals surface area (Å²) in [4.78, 5) is 15.9. The van der Waals surface area contributed by atoms with E-state index in [9.17, 15) is 18.0 Å². The number of carbonyl (C=O) groups is 1. The first-order valence-corrected chi connectivity index (χ1v) is 4.91. The topological polar surface area (TPSA) is 59.2 Å². The number of hydrogen-bond donors (Lipinski definition) is 1. The van der Waals surface area contributed by atoms with Gasteiger partial charge in [-0.1, -0.05) is 0 Å². The molecule has 1 aromatic rings. The standard InChI is InChI=1S/C10H12F3N3O/c1-2-16(6-8(14)17)9-4-3-7(5-15-9)10(11,12)13/h3-5H,2,6H2,1H3,(H2,14,17). The van der Waals surface area contributed by atoms with Crippen molar-refractivity contribution in [3.63, 3.8) is 0 Å². The third-order valence-corrected chi connectivity index (χ3v) is 2.13. The van der Waals surface area contributed by atoms with E-state index in [0.717, 1.165) is 12.3 Å². The minimum atomic E-state index is -4.41. The van der Waals surface area contributed by atoms with Crippen molar-refractivity contribution >= 4 is 11.7 Å². The Hall–Kier alpha value is -1.79. The highest BCUT2D eigenvalue weighted by Crippen LogP contribution is 2.29. The van der Waals surface area contributed by atoms with E-state index in [1.54, 1.807) is 6.92 Å². The fourth-order valence-corrected chi connectivity index (χ4v) is 1.28. The zero-order valence-electron chi connectivity index (χ0n) is 9.16. The molecule has 0 fully saturated rings. The van der Waals surface area contributed by atoms with Crippen LogP contribution in [-0.2, 0) is 11.0 Å². The molecule has 0 unspecified atom stereocenters. The molecule has 1 heterocycles. The number of halogens is 3. The van der Waals surface area contributed by atoms with Crippen LogP contribution in [0.15, 0.2) is 18.3 Å². The normalized spacial score (nSPS) is 11.3. The third-order valence-electron chi connectivity index (χ3n) is 2.13. The van der Waals surface area contributed by atoms with Gasteiger partial charge in [0.15, 0.2) is 0 Å². The van der Waals surface area contributed by atoms with Crippen molar-refractivity contribution in [1.82, 2.24) is 4.98 Å². The summed E-state index contributed by atoms with van der Waals surface area (Å²) >= 11 is 0. The zero-order chi connectivity index (χ0) is 13.1. The molecule has 2 N–H and O–H groups in total. The fraction of sp³-hybridized carbons (Fsp3) is 0.400. The average molecular weight is 247 g/mol. The summed E-state index contributed by atoms with van der Waals surface area (Å²) in [6.45, 7) is 2.11. The van der Waals surface area contributed by atoms with Crippen LogP contribution in [0.25, 0.3) is 0 Å². The summed E-state index contributed by atoms with van der Waals surface area (Å²) in [6, 6.07) is 2.14. The lowest BCUT2D eigenvalue weighted by atomic mass is 10.2. The Labute approximate surface area is 96.2 Å². The van der Waals surface area contributed by atoms with Gasteiger partial charge in [0.05, 0.1) is 12.1 Å². The Balaban J connectivity index is 2.89. The number of carbonyl (C=O) groups excluding carboxylic acids is 1. The van der Waals surface area contributed by atoms with Gasteiger partial charge < -0.3 is 10.6 Å². The lowest BCUT2D eigenvalue weighted by Crippen LogP contribution is -2.34. The largest absolute Gasteiger partial charge is 0.417 e. The van der Waals surface area contributed by atoms with Gasteiger partial charge in [0.25, 0.3) is 0 Å². The Kier molecular flexibility index (Phi) is 3.93. The first-order valence-electron chi connectivity index (χ1n) is 4.91. The van der Waals surface area contributed by atoms with Gasteiger partial charge in [-0.2, -0.15) is 13.2 Å². The molecule has 0 atom stereocenters. The predicted molar refractivity (Wildman–Crippen MR) is 56.3 cm³/mol. The van der Waals surface area contributed by atoms with Crippen LogP contribution in [0.5, 0.6) is 0 Å². The molecule has 0 spiro atoms.